The van der Waals surface area contributed by atoms with Crippen LogP contribution in [0, 0.1) is 0 Å². The Kier molecular flexibility index (Phi) is 38.0. The summed E-state index contributed by atoms with van der Waals surface area (Å²) < 4.78 is 5.44. The van der Waals surface area contributed by atoms with Gasteiger partial charge >= 0.3 is 5.97 Å². The summed E-state index contributed by atoms with van der Waals surface area (Å²) in [5, 5.41) is 0. The molecule has 0 spiro atoms. The Morgan fingerprint density at radius 1 is 0.310 bits per heavy atom. The van der Waals surface area contributed by atoms with Crippen LogP contribution in [0.4, 0.5) is 0 Å². The summed E-state index contributed by atoms with van der Waals surface area (Å²) in [6, 6.07) is 0. The highest BCUT2D eigenvalue weighted by molar-refractivity contribution is 5.69. The van der Waals surface area contributed by atoms with E-state index >= 15 is 0 Å². The van der Waals surface area contributed by atoms with Gasteiger partial charge in [0.2, 0.25) is 0 Å². The topological polar surface area (TPSA) is 26.3 Å². The average Bonchev–Trinajstić information content (AvgIpc) is 3.00. The van der Waals surface area contributed by atoms with Gasteiger partial charge in [-0.2, -0.15) is 0 Å². The first kappa shape index (κ1) is 41.5. The fourth-order valence-corrected chi connectivity index (χ4v) is 6.26. The maximum Gasteiger partial charge on any atom is 0.305 e. The van der Waals surface area contributed by atoms with Gasteiger partial charge in [0.1, 0.15) is 0 Å². The van der Waals surface area contributed by atoms with Crippen molar-refractivity contribution < 1.29 is 9.53 Å². The van der Waals surface area contributed by atoms with E-state index in [1.165, 1.54) is 212 Å². The number of hydrogen-bond donors (Lipinski definition) is 0. The average molecular weight is 593 g/mol. The molecule has 2 nitrogen and oxygen atoms in total. The number of carbonyl (C=O) groups is 1. The number of hydrogen-bond acceptors (Lipinski definition) is 2. The minimum atomic E-state index is 0.0278. The molecule has 0 aromatic carbocycles. The fourth-order valence-electron chi connectivity index (χ4n) is 6.26. The molecule has 0 fully saturated rings. The summed E-state index contributed by atoms with van der Waals surface area (Å²) in [4.78, 5) is 11.9. The monoisotopic (exact) mass is 593 g/mol. The molecule has 2 heteroatoms. The van der Waals surface area contributed by atoms with E-state index in [9.17, 15) is 4.79 Å². The van der Waals surface area contributed by atoms with Crippen molar-refractivity contribution in [2.24, 2.45) is 0 Å². The van der Waals surface area contributed by atoms with E-state index in [0.29, 0.717) is 13.0 Å². The number of rotatable bonds is 37. The highest BCUT2D eigenvalue weighted by Gasteiger charge is 2.03. The van der Waals surface area contributed by atoms with Gasteiger partial charge in [-0.15, -0.1) is 0 Å². The summed E-state index contributed by atoms with van der Waals surface area (Å²) in [5.74, 6) is 0.0278. The van der Waals surface area contributed by atoms with E-state index in [1.807, 2.05) is 0 Å². The van der Waals surface area contributed by atoms with Gasteiger partial charge in [-0.3, -0.25) is 4.79 Å². The second-order valence-corrected chi connectivity index (χ2v) is 13.6. The predicted molar refractivity (Wildman–Crippen MR) is 189 cm³/mol. The lowest BCUT2D eigenvalue weighted by atomic mass is 10.0. The normalized spacial score (nSPS) is 11.4. The molecule has 0 aromatic heterocycles. The summed E-state index contributed by atoms with van der Waals surface area (Å²) in [7, 11) is 0. The van der Waals surface area contributed by atoms with Crippen molar-refractivity contribution in [3.8, 4) is 0 Å². The second kappa shape index (κ2) is 38.5. The molecule has 0 bridgehead atoms. The summed E-state index contributed by atoms with van der Waals surface area (Å²) in [6.45, 7) is 5.21. The Bertz CT molecular complexity index is 488. The number of esters is 1. The van der Waals surface area contributed by atoms with Gasteiger partial charge in [0.05, 0.1) is 6.61 Å². The van der Waals surface area contributed by atoms with Crippen LogP contribution in [0.15, 0.2) is 0 Å². The SMILES string of the molecule is CCCCCCCCCCCCCCCCCCCCCCCCCCOC(=O)CCCCCCCCCCCCC. The van der Waals surface area contributed by atoms with E-state index in [-0.39, 0.29) is 5.97 Å². The van der Waals surface area contributed by atoms with Crippen molar-refractivity contribution in [2.45, 2.75) is 245 Å². The molecule has 0 aliphatic carbocycles. The molecule has 0 radical (unpaired) electrons. The summed E-state index contributed by atoms with van der Waals surface area (Å²) in [5.41, 5.74) is 0. The van der Waals surface area contributed by atoms with E-state index in [0.717, 1.165) is 12.8 Å². The first-order chi connectivity index (χ1) is 20.8. The van der Waals surface area contributed by atoms with Crippen LogP contribution in [0.25, 0.3) is 0 Å². The van der Waals surface area contributed by atoms with Crippen molar-refractivity contribution >= 4 is 5.97 Å². The molecule has 0 aliphatic heterocycles. The van der Waals surface area contributed by atoms with Gasteiger partial charge < -0.3 is 4.74 Å². The van der Waals surface area contributed by atoms with Crippen LogP contribution in [-0.4, -0.2) is 12.6 Å². The molecule has 0 saturated heterocycles. The Morgan fingerprint density at radius 2 is 0.524 bits per heavy atom. The van der Waals surface area contributed by atoms with Crippen molar-refractivity contribution in [1.29, 1.82) is 0 Å². The van der Waals surface area contributed by atoms with E-state index in [4.69, 9.17) is 4.74 Å². The van der Waals surface area contributed by atoms with Gasteiger partial charge in [-0.25, -0.2) is 0 Å². The fraction of sp³-hybridized carbons (Fsp3) is 0.975. The summed E-state index contributed by atoms with van der Waals surface area (Å²) in [6.07, 6.45) is 49.1. The molecule has 0 unspecified atom stereocenters. The first-order valence-corrected chi connectivity index (χ1v) is 20.0. The van der Waals surface area contributed by atoms with Crippen LogP contribution in [0.2, 0.25) is 0 Å². The largest absolute Gasteiger partial charge is 0.466 e. The number of ether oxygens (including phenoxy) is 1. The molecule has 0 aromatic rings. The van der Waals surface area contributed by atoms with Crippen LogP contribution in [0.1, 0.15) is 245 Å². The Morgan fingerprint density at radius 3 is 0.786 bits per heavy atom. The molecular weight excluding hydrogens is 512 g/mol. The Hall–Kier alpha value is -0.530. The standard InChI is InChI=1S/C40H80O2/c1-3-5-7-9-11-13-15-16-17-18-19-20-21-22-23-24-25-26-27-29-31-33-35-37-39-42-40(41)38-36-34-32-30-28-14-12-10-8-6-4-2/h3-39H2,1-2H3. The smallest absolute Gasteiger partial charge is 0.305 e. The van der Waals surface area contributed by atoms with Crippen LogP contribution in [0.5, 0.6) is 0 Å². The molecule has 0 atom stereocenters. The van der Waals surface area contributed by atoms with Crippen LogP contribution in [-0.2, 0) is 9.53 Å². The lowest BCUT2D eigenvalue weighted by Gasteiger charge is -2.06. The quantitative estimate of drug-likeness (QED) is 0.0529. The third-order valence-corrected chi connectivity index (χ3v) is 9.25. The molecular formula is C40H80O2. The zero-order valence-corrected chi connectivity index (χ0v) is 29.5. The van der Waals surface area contributed by atoms with E-state index < -0.39 is 0 Å². The molecule has 0 saturated carbocycles. The molecule has 0 rings (SSSR count). The molecule has 42 heavy (non-hydrogen) atoms. The van der Waals surface area contributed by atoms with E-state index in [1.54, 1.807) is 0 Å². The van der Waals surface area contributed by atoms with Gasteiger partial charge in [-0.1, -0.05) is 226 Å². The maximum absolute atomic E-state index is 11.9. The molecule has 0 amide bonds. The van der Waals surface area contributed by atoms with Gasteiger partial charge in [0, 0.05) is 6.42 Å². The van der Waals surface area contributed by atoms with E-state index in [2.05, 4.69) is 13.8 Å². The number of unbranched alkanes of at least 4 members (excludes halogenated alkanes) is 33. The van der Waals surface area contributed by atoms with Crippen LogP contribution in [0.3, 0.4) is 0 Å². The van der Waals surface area contributed by atoms with Crippen molar-refractivity contribution in [3.63, 3.8) is 0 Å². The maximum atomic E-state index is 11.9. The summed E-state index contributed by atoms with van der Waals surface area (Å²) >= 11 is 0. The van der Waals surface area contributed by atoms with Crippen molar-refractivity contribution in [3.05, 3.63) is 0 Å². The molecule has 0 N–H and O–H groups in total. The second-order valence-electron chi connectivity index (χ2n) is 13.6. The lowest BCUT2D eigenvalue weighted by molar-refractivity contribution is -0.143. The zero-order valence-electron chi connectivity index (χ0n) is 29.5. The van der Waals surface area contributed by atoms with Crippen LogP contribution >= 0.6 is 0 Å². The van der Waals surface area contributed by atoms with Gasteiger partial charge in [-0.05, 0) is 12.8 Å². The van der Waals surface area contributed by atoms with Gasteiger partial charge in [0.25, 0.3) is 0 Å². The molecule has 0 heterocycles. The minimum Gasteiger partial charge on any atom is -0.466 e. The Balaban J connectivity index is 3.12. The number of carbonyl (C=O) groups excluding carboxylic acids is 1. The highest BCUT2D eigenvalue weighted by atomic mass is 16.5. The minimum absolute atomic E-state index is 0.0278. The zero-order chi connectivity index (χ0) is 30.4. The van der Waals surface area contributed by atoms with Crippen molar-refractivity contribution in [1.82, 2.24) is 0 Å². The molecule has 0 aliphatic rings. The lowest BCUT2D eigenvalue weighted by Crippen LogP contribution is -2.05. The predicted octanol–water partition coefficient (Wildman–Crippen LogP) is 14.6. The van der Waals surface area contributed by atoms with Crippen LogP contribution < -0.4 is 0 Å². The first-order valence-electron chi connectivity index (χ1n) is 20.0. The Labute approximate surface area is 266 Å². The van der Waals surface area contributed by atoms with Gasteiger partial charge in [0.15, 0.2) is 0 Å². The highest BCUT2D eigenvalue weighted by Crippen LogP contribution is 2.16. The third-order valence-electron chi connectivity index (χ3n) is 9.25. The third kappa shape index (κ3) is 37.5. The molecule has 252 valence electrons. The van der Waals surface area contributed by atoms with Crippen molar-refractivity contribution in [2.75, 3.05) is 6.61 Å².